The SMILES string of the molecule is Cc1cc(Cl)c(F)c(C(=O)C(C)N)c1. The minimum atomic E-state index is -0.720. The van der Waals surface area contributed by atoms with Crippen LogP contribution in [0, 0.1) is 12.7 Å². The first-order valence-electron chi connectivity index (χ1n) is 4.19. The summed E-state index contributed by atoms with van der Waals surface area (Å²) >= 11 is 5.60. The summed E-state index contributed by atoms with van der Waals surface area (Å²) in [7, 11) is 0. The molecule has 0 aliphatic rings. The molecule has 0 amide bonds. The highest BCUT2D eigenvalue weighted by Crippen LogP contribution is 2.21. The maximum Gasteiger partial charge on any atom is 0.182 e. The predicted molar refractivity (Wildman–Crippen MR) is 54.1 cm³/mol. The number of carbonyl (C=O) groups excluding carboxylic acids is 1. The molecule has 0 aromatic heterocycles. The fourth-order valence-electron chi connectivity index (χ4n) is 1.15. The molecule has 1 aromatic rings. The Morgan fingerprint density at radius 2 is 2.14 bits per heavy atom. The van der Waals surface area contributed by atoms with Crippen molar-refractivity contribution in [3.05, 3.63) is 34.1 Å². The zero-order valence-electron chi connectivity index (χ0n) is 7.97. The Morgan fingerprint density at radius 3 is 2.64 bits per heavy atom. The van der Waals surface area contributed by atoms with Crippen molar-refractivity contribution in [1.82, 2.24) is 0 Å². The van der Waals surface area contributed by atoms with Crippen LogP contribution in [0.25, 0.3) is 0 Å². The molecule has 0 fully saturated rings. The van der Waals surface area contributed by atoms with Gasteiger partial charge in [-0.1, -0.05) is 11.6 Å². The molecule has 4 heteroatoms. The molecular formula is C10H11ClFNO. The molecule has 14 heavy (non-hydrogen) atoms. The Hall–Kier alpha value is -0.930. The lowest BCUT2D eigenvalue weighted by Gasteiger charge is -2.07. The van der Waals surface area contributed by atoms with Crippen LogP contribution in [0.4, 0.5) is 4.39 Å². The molecule has 2 N–H and O–H groups in total. The third-order valence-corrected chi connectivity index (χ3v) is 2.13. The number of rotatable bonds is 2. The van der Waals surface area contributed by atoms with Crippen LogP contribution in [0.15, 0.2) is 12.1 Å². The number of nitrogens with two attached hydrogens (primary N) is 1. The van der Waals surface area contributed by atoms with E-state index in [9.17, 15) is 9.18 Å². The highest BCUT2D eigenvalue weighted by molar-refractivity contribution is 6.31. The van der Waals surface area contributed by atoms with Crippen LogP contribution in [0.2, 0.25) is 5.02 Å². The molecule has 0 bridgehead atoms. The third-order valence-electron chi connectivity index (χ3n) is 1.85. The summed E-state index contributed by atoms with van der Waals surface area (Å²) in [6.45, 7) is 3.25. The van der Waals surface area contributed by atoms with Gasteiger partial charge in [0.15, 0.2) is 11.6 Å². The Morgan fingerprint density at radius 1 is 1.57 bits per heavy atom. The fourth-order valence-corrected chi connectivity index (χ4v) is 1.42. The monoisotopic (exact) mass is 215 g/mol. The molecule has 1 aromatic carbocycles. The Labute approximate surface area is 86.9 Å². The van der Waals surface area contributed by atoms with Gasteiger partial charge in [-0.2, -0.15) is 0 Å². The van der Waals surface area contributed by atoms with Crippen LogP contribution >= 0.6 is 11.6 Å². The van der Waals surface area contributed by atoms with Gasteiger partial charge in [-0.25, -0.2) is 4.39 Å². The van der Waals surface area contributed by atoms with E-state index in [0.717, 1.165) is 5.56 Å². The molecule has 1 rings (SSSR count). The highest BCUT2D eigenvalue weighted by atomic mass is 35.5. The second-order valence-corrected chi connectivity index (χ2v) is 3.67. The molecule has 0 saturated carbocycles. The molecule has 0 heterocycles. The van der Waals surface area contributed by atoms with Gasteiger partial charge >= 0.3 is 0 Å². The fraction of sp³-hybridized carbons (Fsp3) is 0.300. The van der Waals surface area contributed by atoms with Crippen molar-refractivity contribution in [3.8, 4) is 0 Å². The predicted octanol–water partition coefficient (Wildman–Crippen LogP) is 2.32. The second-order valence-electron chi connectivity index (χ2n) is 3.26. The van der Waals surface area contributed by atoms with Crippen molar-refractivity contribution >= 4 is 17.4 Å². The number of hydrogen-bond acceptors (Lipinski definition) is 2. The normalized spacial score (nSPS) is 12.6. The second kappa shape index (κ2) is 4.07. The number of Topliss-reactive ketones (excluding diaryl/α,β-unsaturated/α-hetero) is 1. The lowest BCUT2D eigenvalue weighted by Crippen LogP contribution is -2.27. The van der Waals surface area contributed by atoms with Crippen LogP contribution in [0.5, 0.6) is 0 Å². The molecule has 1 atom stereocenters. The van der Waals surface area contributed by atoms with Crippen LogP contribution < -0.4 is 5.73 Å². The summed E-state index contributed by atoms with van der Waals surface area (Å²) < 4.78 is 13.4. The Kier molecular flexibility index (Phi) is 3.24. The van der Waals surface area contributed by atoms with Gasteiger partial charge in [0.1, 0.15) is 0 Å². The van der Waals surface area contributed by atoms with Crippen molar-refractivity contribution in [1.29, 1.82) is 0 Å². The average Bonchev–Trinajstić information content (AvgIpc) is 2.09. The highest BCUT2D eigenvalue weighted by Gasteiger charge is 2.17. The van der Waals surface area contributed by atoms with Gasteiger partial charge in [-0.15, -0.1) is 0 Å². The number of aryl methyl sites for hydroxylation is 1. The van der Waals surface area contributed by atoms with Crippen LogP contribution in [0.3, 0.4) is 0 Å². The van der Waals surface area contributed by atoms with Crippen LogP contribution in [-0.4, -0.2) is 11.8 Å². The number of benzene rings is 1. The van der Waals surface area contributed by atoms with Crippen molar-refractivity contribution < 1.29 is 9.18 Å². The number of carbonyl (C=O) groups is 1. The maximum absolute atomic E-state index is 13.4. The van der Waals surface area contributed by atoms with E-state index in [0.29, 0.717) is 0 Å². The molecule has 2 nitrogen and oxygen atoms in total. The number of halogens is 2. The van der Waals surface area contributed by atoms with Crippen molar-refractivity contribution in [3.63, 3.8) is 0 Å². The molecule has 0 radical (unpaired) electrons. The Balaban J connectivity index is 3.27. The molecule has 0 aliphatic heterocycles. The molecular weight excluding hydrogens is 205 g/mol. The zero-order chi connectivity index (χ0) is 10.9. The van der Waals surface area contributed by atoms with Gasteiger partial charge in [0, 0.05) is 0 Å². The lowest BCUT2D eigenvalue weighted by molar-refractivity contribution is 0.0964. The first-order chi connectivity index (χ1) is 6.43. The summed E-state index contributed by atoms with van der Waals surface area (Å²) in [5, 5.41) is -0.0472. The summed E-state index contributed by atoms with van der Waals surface area (Å²) in [6, 6.07) is 2.20. The molecule has 0 saturated heterocycles. The van der Waals surface area contributed by atoms with Crippen LogP contribution in [0.1, 0.15) is 22.8 Å². The smallest absolute Gasteiger partial charge is 0.182 e. The van der Waals surface area contributed by atoms with Crippen molar-refractivity contribution in [2.24, 2.45) is 5.73 Å². The first kappa shape index (κ1) is 11.1. The Bertz CT molecular complexity index is 377. The van der Waals surface area contributed by atoms with Gasteiger partial charge in [-0.3, -0.25) is 4.79 Å². The van der Waals surface area contributed by atoms with E-state index in [2.05, 4.69) is 0 Å². The largest absolute Gasteiger partial charge is 0.321 e. The van der Waals surface area contributed by atoms with Gasteiger partial charge in [-0.05, 0) is 31.5 Å². The standard InChI is InChI=1S/C10H11ClFNO/c1-5-3-7(10(14)6(2)13)9(12)8(11)4-5/h3-4,6H,13H2,1-2H3. The van der Waals surface area contributed by atoms with E-state index in [1.54, 1.807) is 6.92 Å². The number of ketones is 1. The summed E-state index contributed by atoms with van der Waals surface area (Å²) in [4.78, 5) is 11.4. The van der Waals surface area contributed by atoms with E-state index >= 15 is 0 Å². The van der Waals surface area contributed by atoms with E-state index < -0.39 is 17.6 Å². The molecule has 0 spiro atoms. The molecule has 76 valence electrons. The van der Waals surface area contributed by atoms with E-state index in [4.69, 9.17) is 17.3 Å². The maximum atomic E-state index is 13.4. The molecule has 0 aliphatic carbocycles. The van der Waals surface area contributed by atoms with Gasteiger partial charge < -0.3 is 5.73 Å². The van der Waals surface area contributed by atoms with E-state index in [1.807, 2.05) is 0 Å². The first-order valence-corrected chi connectivity index (χ1v) is 4.56. The zero-order valence-corrected chi connectivity index (χ0v) is 8.73. The topological polar surface area (TPSA) is 43.1 Å². The molecule has 1 unspecified atom stereocenters. The van der Waals surface area contributed by atoms with Crippen LogP contribution in [-0.2, 0) is 0 Å². The van der Waals surface area contributed by atoms with Crippen molar-refractivity contribution in [2.75, 3.05) is 0 Å². The minimum Gasteiger partial charge on any atom is -0.321 e. The quantitative estimate of drug-likeness (QED) is 0.770. The summed E-state index contributed by atoms with van der Waals surface area (Å²) in [5.41, 5.74) is 6.08. The van der Waals surface area contributed by atoms with Gasteiger partial charge in [0.2, 0.25) is 0 Å². The number of hydrogen-bond donors (Lipinski definition) is 1. The summed E-state index contributed by atoms with van der Waals surface area (Å²) in [5.74, 6) is -1.13. The van der Waals surface area contributed by atoms with Crippen molar-refractivity contribution in [2.45, 2.75) is 19.9 Å². The van der Waals surface area contributed by atoms with E-state index in [1.165, 1.54) is 19.1 Å². The average molecular weight is 216 g/mol. The van der Waals surface area contributed by atoms with Gasteiger partial charge in [0.05, 0.1) is 16.6 Å². The summed E-state index contributed by atoms with van der Waals surface area (Å²) in [6.07, 6.45) is 0. The van der Waals surface area contributed by atoms with Gasteiger partial charge in [0.25, 0.3) is 0 Å². The van der Waals surface area contributed by atoms with E-state index in [-0.39, 0.29) is 10.6 Å². The third kappa shape index (κ3) is 2.11. The lowest BCUT2D eigenvalue weighted by atomic mass is 10.0. The minimum absolute atomic E-state index is 0.0370.